The Morgan fingerprint density at radius 2 is 1.76 bits per heavy atom. The maximum atomic E-state index is 13.1. The quantitative estimate of drug-likeness (QED) is 0.419. The normalized spacial score (nSPS) is 22.5. The summed E-state index contributed by atoms with van der Waals surface area (Å²) in [6.45, 7) is 5.28. The maximum absolute atomic E-state index is 13.1. The molecule has 0 saturated carbocycles. The fourth-order valence-electron chi connectivity index (χ4n) is 5.60. The topological polar surface area (TPSA) is 71.8 Å². The van der Waals surface area contributed by atoms with E-state index in [1.807, 2.05) is 38.1 Å². The lowest BCUT2D eigenvalue weighted by Crippen LogP contribution is -2.46. The van der Waals surface area contributed by atoms with Gasteiger partial charge in [-0.25, -0.2) is 4.79 Å². The van der Waals surface area contributed by atoms with Gasteiger partial charge in [0.05, 0.1) is 5.52 Å². The molecule has 6 nitrogen and oxygen atoms in total. The van der Waals surface area contributed by atoms with Gasteiger partial charge in [-0.3, -0.25) is 9.69 Å². The number of halogens is 1. The van der Waals surface area contributed by atoms with Crippen LogP contribution in [0.4, 0.5) is 0 Å². The highest BCUT2D eigenvalue weighted by molar-refractivity contribution is 5.94. The predicted octanol–water partition coefficient (Wildman–Crippen LogP) is 4.71. The standard InChI is InChI=1S/C26H36N2O4.ClH/c1-18(2)28-24-10-6-5-9-19(24)15-23(25(28)30)26(31)32-22-16-20-11-12-21(17-22)27(20)13-7-3-4-8-14-29;/h5-6,9-10,15,18,20-22,29H,3-4,7-8,11-14,16-17H2,1-2H3;1H/t20-,21+,22+;. The molecule has 3 heterocycles. The van der Waals surface area contributed by atoms with Crippen LogP contribution in [0.3, 0.4) is 0 Å². The van der Waals surface area contributed by atoms with Gasteiger partial charge in [-0.05, 0) is 63.6 Å². The number of rotatable bonds is 9. The third-order valence-electron chi connectivity index (χ3n) is 7.12. The molecule has 1 aromatic carbocycles. The molecule has 1 aromatic heterocycles. The molecule has 1 N–H and O–H groups in total. The van der Waals surface area contributed by atoms with Gasteiger partial charge in [0.2, 0.25) is 0 Å². The van der Waals surface area contributed by atoms with Crippen LogP contribution >= 0.6 is 12.4 Å². The highest BCUT2D eigenvalue weighted by Gasteiger charge is 2.41. The molecular weight excluding hydrogens is 440 g/mol. The molecule has 2 aliphatic heterocycles. The average molecular weight is 477 g/mol. The summed E-state index contributed by atoms with van der Waals surface area (Å²) in [7, 11) is 0. The van der Waals surface area contributed by atoms with E-state index < -0.39 is 5.97 Å². The zero-order chi connectivity index (χ0) is 22.7. The van der Waals surface area contributed by atoms with Crippen LogP contribution in [0.25, 0.3) is 10.9 Å². The zero-order valence-electron chi connectivity index (χ0n) is 19.7. The number of hydrogen-bond donors (Lipinski definition) is 1. The maximum Gasteiger partial charge on any atom is 0.344 e. The molecule has 7 heteroatoms. The van der Waals surface area contributed by atoms with Crippen molar-refractivity contribution < 1.29 is 14.6 Å². The number of carbonyl (C=O) groups excluding carboxylic acids is 1. The second-order valence-corrected chi connectivity index (χ2v) is 9.65. The molecule has 0 unspecified atom stereocenters. The van der Waals surface area contributed by atoms with E-state index >= 15 is 0 Å². The number of piperidine rings is 1. The molecule has 2 saturated heterocycles. The Bertz CT molecular complexity index is 991. The molecule has 182 valence electrons. The van der Waals surface area contributed by atoms with Crippen molar-refractivity contribution in [3.63, 3.8) is 0 Å². The molecule has 3 atom stereocenters. The fraction of sp³-hybridized carbons (Fsp3) is 0.615. The smallest absolute Gasteiger partial charge is 0.344 e. The lowest BCUT2D eigenvalue weighted by Gasteiger charge is -2.38. The van der Waals surface area contributed by atoms with Gasteiger partial charge < -0.3 is 14.4 Å². The Labute approximate surface area is 202 Å². The van der Waals surface area contributed by atoms with Crippen LogP contribution < -0.4 is 5.56 Å². The number of benzene rings is 1. The number of unbranched alkanes of at least 4 members (excludes halogenated alkanes) is 3. The van der Waals surface area contributed by atoms with Crippen LogP contribution in [0, 0.1) is 0 Å². The molecule has 2 aliphatic rings. The number of aliphatic hydroxyl groups excluding tert-OH is 1. The van der Waals surface area contributed by atoms with Crippen LogP contribution in [0.5, 0.6) is 0 Å². The van der Waals surface area contributed by atoms with E-state index in [0.717, 1.165) is 68.8 Å². The number of carbonyl (C=O) groups is 1. The second kappa shape index (κ2) is 11.5. The summed E-state index contributed by atoms with van der Waals surface area (Å²) in [6, 6.07) is 10.3. The number of ether oxygens (including phenoxy) is 1. The first-order valence-corrected chi connectivity index (χ1v) is 12.2. The Morgan fingerprint density at radius 1 is 1.09 bits per heavy atom. The van der Waals surface area contributed by atoms with Crippen LogP contribution in [-0.4, -0.2) is 51.9 Å². The molecule has 4 rings (SSSR count). The van der Waals surface area contributed by atoms with E-state index in [4.69, 9.17) is 9.84 Å². The van der Waals surface area contributed by atoms with E-state index in [1.165, 1.54) is 0 Å². The summed E-state index contributed by atoms with van der Waals surface area (Å²) in [5.74, 6) is -0.489. The molecule has 33 heavy (non-hydrogen) atoms. The number of hydrogen-bond acceptors (Lipinski definition) is 5. The van der Waals surface area contributed by atoms with E-state index in [2.05, 4.69) is 4.90 Å². The molecule has 0 amide bonds. The summed E-state index contributed by atoms with van der Waals surface area (Å²) in [5.41, 5.74) is 0.706. The summed E-state index contributed by atoms with van der Waals surface area (Å²) >= 11 is 0. The van der Waals surface area contributed by atoms with Crippen molar-refractivity contribution >= 4 is 29.3 Å². The molecule has 0 aliphatic carbocycles. The molecule has 2 bridgehead atoms. The fourth-order valence-corrected chi connectivity index (χ4v) is 5.60. The van der Waals surface area contributed by atoms with E-state index in [9.17, 15) is 9.59 Å². The van der Waals surface area contributed by atoms with Crippen molar-refractivity contribution in [1.82, 2.24) is 9.47 Å². The first-order chi connectivity index (χ1) is 15.5. The van der Waals surface area contributed by atoms with Gasteiger partial charge in [-0.2, -0.15) is 0 Å². The summed E-state index contributed by atoms with van der Waals surface area (Å²) in [5, 5.41) is 9.81. The van der Waals surface area contributed by atoms with Crippen LogP contribution in [-0.2, 0) is 4.74 Å². The van der Waals surface area contributed by atoms with Gasteiger partial charge in [0.15, 0.2) is 0 Å². The number of esters is 1. The molecular formula is C26H37ClN2O4. The molecule has 0 spiro atoms. The number of aromatic nitrogens is 1. The van der Waals surface area contributed by atoms with Crippen molar-refractivity contribution in [2.24, 2.45) is 0 Å². The Morgan fingerprint density at radius 3 is 2.42 bits per heavy atom. The summed E-state index contributed by atoms with van der Waals surface area (Å²) < 4.78 is 7.61. The SMILES string of the molecule is CC(C)n1c(=O)c(C(=O)O[C@H]2C[C@H]3CC[C@@H](C2)N3CCCCCCO)cc2ccccc21.Cl. The molecule has 0 radical (unpaired) electrons. The second-order valence-electron chi connectivity index (χ2n) is 9.65. The largest absolute Gasteiger partial charge is 0.459 e. The Balaban J connectivity index is 0.00000306. The summed E-state index contributed by atoms with van der Waals surface area (Å²) in [4.78, 5) is 28.8. The summed E-state index contributed by atoms with van der Waals surface area (Å²) in [6.07, 6.45) is 8.18. The third-order valence-corrected chi connectivity index (χ3v) is 7.12. The molecule has 2 fully saturated rings. The number of pyridine rings is 1. The lowest BCUT2D eigenvalue weighted by atomic mass is 9.99. The zero-order valence-corrected chi connectivity index (χ0v) is 20.6. The van der Waals surface area contributed by atoms with Crippen molar-refractivity contribution in [3.05, 3.63) is 46.2 Å². The third kappa shape index (κ3) is 5.61. The minimum atomic E-state index is -0.489. The van der Waals surface area contributed by atoms with Crippen LogP contribution in [0.1, 0.15) is 81.6 Å². The Kier molecular flexibility index (Phi) is 8.96. The van der Waals surface area contributed by atoms with Crippen molar-refractivity contribution in [3.8, 4) is 0 Å². The number of nitrogens with zero attached hydrogens (tertiary/aromatic N) is 2. The van der Waals surface area contributed by atoms with E-state index in [1.54, 1.807) is 10.6 Å². The number of aliphatic hydroxyl groups is 1. The van der Waals surface area contributed by atoms with Crippen molar-refractivity contribution in [2.45, 2.75) is 89.4 Å². The molecule has 2 aromatic rings. The van der Waals surface area contributed by atoms with Gasteiger partial charge in [-0.1, -0.05) is 31.0 Å². The van der Waals surface area contributed by atoms with E-state index in [-0.39, 0.29) is 42.3 Å². The number of para-hydroxylation sites is 1. The van der Waals surface area contributed by atoms with Crippen LogP contribution in [0.2, 0.25) is 0 Å². The van der Waals surface area contributed by atoms with E-state index in [0.29, 0.717) is 12.1 Å². The highest BCUT2D eigenvalue weighted by Crippen LogP contribution is 2.37. The monoisotopic (exact) mass is 476 g/mol. The first-order valence-electron chi connectivity index (χ1n) is 12.2. The van der Waals surface area contributed by atoms with Gasteiger partial charge in [-0.15, -0.1) is 12.4 Å². The lowest BCUT2D eigenvalue weighted by molar-refractivity contribution is -0.00652. The predicted molar refractivity (Wildman–Crippen MR) is 133 cm³/mol. The van der Waals surface area contributed by atoms with Gasteiger partial charge in [0, 0.05) is 37.6 Å². The average Bonchev–Trinajstić information content (AvgIpc) is 3.00. The Hall–Kier alpha value is -1.89. The number of fused-ring (bicyclic) bond motifs is 3. The first kappa shape index (κ1) is 25.7. The minimum Gasteiger partial charge on any atom is -0.459 e. The van der Waals surface area contributed by atoms with Crippen molar-refractivity contribution in [2.75, 3.05) is 13.2 Å². The van der Waals surface area contributed by atoms with Gasteiger partial charge in [0.1, 0.15) is 11.7 Å². The highest BCUT2D eigenvalue weighted by atomic mass is 35.5. The van der Waals surface area contributed by atoms with Gasteiger partial charge in [0.25, 0.3) is 5.56 Å². The minimum absolute atomic E-state index is 0. The van der Waals surface area contributed by atoms with Crippen molar-refractivity contribution in [1.29, 1.82) is 0 Å². The van der Waals surface area contributed by atoms with Crippen LogP contribution in [0.15, 0.2) is 35.1 Å². The van der Waals surface area contributed by atoms with Gasteiger partial charge >= 0.3 is 5.97 Å².